The van der Waals surface area contributed by atoms with Gasteiger partial charge < -0.3 is 5.32 Å². The van der Waals surface area contributed by atoms with Gasteiger partial charge in [0, 0.05) is 21.7 Å². The fraction of sp³-hybridized carbons (Fsp3) is 0. The smallest absolute Gasteiger partial charge is 0.256 e. The minimum Gasteiger partial charge on any atom is -0.322 e. The number of para-hydroxylation sites is 1. The summed E-state index contributed by atoms with van der Waals surface area (Å²) >= 11 is 5.90. The Labute approximate surface area is 160 Å². The number of benzene rings is 3. The number of pyridine rings is 1. The molecule has 4 aromatic rings. The van der Waals surface area contributed by atoms with Crippen molar-refractivity contribution in [1.29, 1.82) is 0 Å². The van der Waals surface area contributed by atoms with E-state index in [9.17, 15) is 9.18 Å². The van der Waals surface area contributed by atoms with Crippen molar-refractivity contribution in [2.75, 3.05) is 5.32 Å². The molecule has 132 valence electrons. The Balaban J connectivity index is 1.79. The summed E-state index contributed by atoms with van der Waals surface area (Å²) < 4.78 is 13.2. The van der Waals surface area contributed by atoms with Crippen molar-refractivity contribution in [1.82, 2.24) is 4.98 Å². The minimum absolute atomic E-state index is 0.251. The fourth-order valence-corrected chi connectivity index (χ4v) is 2.99. The molecule has 4 rings (SSSR count). The number of nitrogens with one attached hydrogen (secondary N) is 1. The molecule has 0 saturated heterocycles. The zero-order valence-electron chi connectivity index (χ0n) is 14.1. The Kier molecular flexibility index (Phi) is 4.57. The van der Waals surface area contributed by atoms with Crippen LogP contribution < -0.4 is 5.32 Å². The number of hydrogen-bond donors (Lipinski definition) is 1. The van der Waals surface area contributed by atoms with E-state index in [4.69, 9.17) is 11.6 Å². The second-order valence-electron chi connectivity index (χ2n) is 6.04. The Morgan fingerprint density at radius 2 is 1.63 bits per heavy atom. The summed E-state index contributed by atoms with van der Waals surface area (Å²) in [4.78, 5) is 17.5. The number of halogens is 2. The summed E-state index contributed by atoms with van der Waals surface area (Å²) in [6, 6.07) is 22.1. The van der Waals surface area contributed by atoms with Crippen LogP contribution in [-0.2, 0) is 0 Å². The number of amides is 1. The number of rotatable bonds is 3. The second kappa shape index (κ2) is 7.17. The Morgan fingerprint density at radius 3 is 2.37 bits per heavy atom. The van der Waals surface area contributed by atoms with Crippen LogP contribution in [-0.4, -0.2) is 10.9 Å². The number of hydrogen-bond acceptors (Lipinski definition) is 2. The summed E-state index contributed by atoms with van der Waals surface area (Å²) in [6.45, 7) is 0. The molecule has 0 aliphatic heterocycles. The van der Waals surface area contributed by atoms with E-state index in [2.05, 4.69) is 10.3 Å². The molecular weight excluding hydrogens is 363 g/mol. The molecule has 1 N–H and O–H groups in total. The third kappa shape index (κ3) is 3.66. The maximum Gasteiger partial charge on any atom is 0.256 e. The Bertz CT molecular complexity index is 1130. The number of aromatic nitrogens is 1. The molecule has 0 aliphatic carbocycles. The molecule has 27 heavy (non-hydrogen) atoms. The first-order chi connectivity index (χ1) is 13.1. The van der Waals surface area contributed by atoms with Gasteiger partial charge in [0.25, 0.3) is 5.91 Å². The fourth-order valence-electron chi connectivity index (χ4n) is 2.86. The van der Waals surface area contributed by atoms with Gasteiger partial charge in [0.15, 0.2) is 0 Å². The van der Waals surface area contributed by atoms with Crippen molar-refractivity contribution in [2.45, 2.75) is 0 Å². The molecule has 0 bridgehead atoms. The van der Waals surface area contributed by atoms with Crippen molar-refractivity contribution in [3.05, 3.63) is 95.3 Å². The SMILES string of the molecule is O=C(Nc1ccc(Cl)cc1)c1cc(-c2ccc(F)cc2)nc2ccccc12. The first kappa shape index (κ1) is 17.2. The number of carbonyl (C=O) groups is 1. The van der Waals surface area contributed by atoms with Gasteiger partial charge in [-0.25, -0.2) is 9.37 Å². The van der Waals surface area contributed by atoms with Crippen LogP contribution in [0.4, 0.5) is 10.1 Å². The van der Waals surface area contributed by atoms with Gasteiger partial charge in [-0.3, -0.25) is 4.79 Å². The molecule has 3 aromatic carbocycles. The standard InChI is InChI=1S/C22H14ClFN2O/c23-15-7-11-17(12-8-15)25-22(27)19-13-21(14-5-9-16(24)10-6-14)26-20-4-2-1-3-18(19)20/h1-13H,(H,25,27). The largest absolute Gasteiger partial charge is 0.322 e. The average Bonchev–Trinajstić information content (AvgIpc) is 2.69. The van der Waals surface area contributed by atoms with Gasteiger partial charge in [0.2, 0.25) is 0 Å². The van der Waals surface area contributed by atoms with Gasteiger partial charge in [0.1, 0.15) is 5.82 Å². The number of carbonyl (C=O) groups excluding carboxylic acids is 1. The van der Waals surface area contributed by atoms with Crippen LogP contribution in [0.15, 0.2) is 78.9 Å². The van der Waals surface area contributed by atoms with Gasteiger partial charge in [-0.2, -0.15) is 0 Å². The third-order valence-corrected chi connectivity index (χ3v) is 4.45. The first-order valence-electron chi connectivity index (χ1n) is 8.33. The monoisotopic (exact) mass is 376 g/mol. The molecule has 0 fully saturated rings. The molecule has 1 heterocycles. The number of nitrogens with zero attached hydrogens (tertiary/aromatic N) is 1. The molecule has 1 amide bonds. The van der Waals surface area contributed by atoms with Crippen LogP contribution in [0.2, 0.25) is 5.02 Å². The van der Waals surface area contributed by atoms with Gasteiger partial charge in [-0.05, 0) is 60.7 Å². The molecule has 5 heteroatoms. The third-order valence-electron chi connectivity index (χ3n) is 4.20. The molecule has 3 nitrogen and oxygen atoms in total. The highest BCUT2D eigenvalue weighted by Crippen LogP contribution is 2.26. The predicted molar refractivity (Wildman–Crippen MR) is 107 cm³/mol. The Morgan fingerprint density at radius 1 is 0.926 bits per heavy atom. The van der Waals surface area contributed by atoms with Crippen molar-refractivity contribution in [3.8, 4) is 11.3 Å². The molecule has 0 atom stereocenters. The number of fused-ring (bicyclic) bond motifs is 1. The summed E-state index contributed by atoms with van der Waals surface area (Å²) in [7, 11) is 0. The van der Waals surface area contributed by atoms with E-state index >= 15 is 0 Å². The molecule has 0 radical (unpaired) electrons. The predicted octanol–water partition coefficient (Wildman–Crippen LogP) is 5.95. The molecule has 0 saturated carbocycles. The number of anilines is 1. The van der Waals surface area contributed by atoms with E-state index in [1.807, 2.05) is 24.3 Å². The lowest BCUT2D eigenvalue weighted by atomic mass is 10.0. The minimum atomic E-state index is -0.319. The normalized spacial score (nSPS) is 10.7. The van der Waals surface area contributed by atoms with Gasteiger partial charge in [0.05, 0.1) is 16.8 Å². The van der Waals surface area contributed by atoms with Gasteiger partial charge in [-0.1, -0.05) is 29.8 Å². The highest BCUT2D eigenvalue weighted by Gasteiger charge is 2.14. The van der Waals surface area contributed by atoms with Crippen LogP contribution in [0.5, 0.6) is 0 Å². The van der Waals surface area contributed by atoms with Crippen molar-refractivity contribution >= 4 is 34.1 Å². The summed E-state index contributed by atoms with van der Waals surface area (Å²) in [5.41, 5.74) is 3.18. The van der Waals surface area contributed by atoms with Gasteiger partial charge in [-0.15, -0.1) is 0 Å². The van der Waals surface area contributed by atoms with E-state index in [0.29, 0.717) is 27.5 Å². The van der Waals surface area contributed by atoms with E-state index in [-0.39, 0.29) is 11.7 Å². The lowest BCUT2D eigenvalue weighted by molar-refractivity contribution is 0.102. The zero-order chi connectivity index (χ0) is 18.8. The van der Waals surface area contributed by atoms with Crippen LogP contribution in [0.3, 0.4) is 0 Å². The highest BCUT2D eigenvalue weighted by atomic mass is 35.5. The topological polar surface area (TPSA) is 42.0 Å². The molecule has 0 aliphatic rings. The molecule has 0 unspecified atom stereocenters. The lowest BCUT2D eigenvalue weighted by Crippen LogP contribution is -2.13. The Hall–Kier alpha value is -3.24. The maximum absolute atomic E-state index is 13.2. The van der Waals surface area contributed by atoms with Crippen molar-refractivity contribution in [2.24, 2.45) is 0 Å². The maximum atomic E-state index is 13.2. The lowest BCUT2D eigenvalue weighted by Gasteiger charge is -2.11. The van der Waals surface area contributed by atoms with Gasteiger partial charge >= 0.3 is 0 Å². The summed E-state index contributed by atoms with van der Waals surface area (Å²) in [6.07, 6.45) is 0. The summed E-state index contributed by atoms with van der Waals surface area (Å²) in [5.74, 6) is -0.570. The van der Waals surface area contributed by atoms with Crippen LogP contribution in [0.1, 0.15) is 10.4 Å². The van der Waals surface area contributed by atoms with Crippen molar-refractivity contribution < 1.29 is 9.18 Å². The van der Waals surface area contributed by atoms with Crippen LogP contribution in [0.25, 0.3) is 22.2 Å². The average molecular weight is 377 g/mol. The van der Waals surface area contributed by atoms with E-state index < -0.39 is 0 Å². The van der Waals surface area contributed by atoms with E-state index in [1.54, 1.807) is 42.5 Å². The van der Waals surface area contributed by atoms with Crippen LogP contribution >= 0.6 is 11.6 Å². The second-order valence-corrected chi connectivity index (χ2v) is 6.48. The molecule has 0 spiro atoms. The van der Waals surface area contributed by atoms with Crippen LogP contribution in [0, 0.1) is 5.82 Å². The molecular formula is C22H14ClFN2O. The summed E-state index contributed by atoms with van der Waals surface area (Å²) in [5, 5.41) is 4.22. The highest BCUT2D eigenvalue weighted by molar-refractivity contribution is 6.30. The van der Waals surface area contributed by atoms with Crippen molar-refractivity contribution in [3.63, 3.8) is 0 Å². The quantitative estimate of drug-likeness (QED) is 0.480. The van der Waals surface area contributed by atoms with E-state index in [1.165, 1.54) is 12.1 Å². The zero-order valence-corrected chi connectivity index (χ0v) is 14.9. The molecule has 1 aromatic heterocycles. The first-order valence-corrected chi connectivity index (χ1v) is 8.70. The van der Waals surface area contributed by atoms with E-state index in [0.717, 1.165) is 10.9 Å².